The van der Waals surface area contributed by atoms with Crippen molar-refractivity contribution in [1.82, 2.24) is 0 Å². The second-order valence-corrected chi connectivity index (χ2v) is 3.75. The molecule has 0 aliphatic carbocycles. The van der Waals surface area contributed by atoms with E-state index < -0.39 is 6.36 Å². The number of hydrogen-bond acceptors (Lipinski definition) is 3. The SMILES string of the molecule is CC1=NN(c2ccc(OC(F)(F)F)cc2)CC1. The highest BCUT2D eigenvalue weighted by Gasteiger charge is 2.31. The van der Waals surface area contributed by atoms with Crippen LogP contribution in [-0.2, 0) is 0 Å². The lowest BCUT2D eigenvalue weighted by Gasteiger charge is -2.14. The maximum absolute atomic E-state index is 11.9. The number of alkyl halides is 3. The van der Waals surface area contributed by atoms with Gasteiger partial charge in [-0.2, -0.15) is 5.10 Å². The molecule has 0 bridgehead atoms. The van der Waals surface area contributed by atoms with Crippen molar-refractivity contribution >= 4 is 11.4 Å². The zero-order valence-electron chi connectivity index (χ0n) is 9.16. The minimum Gasteiger partial charge on any atom is -0.406 e. The van der Waals surface area contributed by atoms with Crippen LogP contribution in [0.4, 0.5) is 18.9 Å². The minimum absolute atomic E-state index is 0.221. The molecule has 0 aromatic heterocycles. The molecule has 0 unspecified atom stereocenters. The van der Waals surface area contributed by atoms with Crippen LogP contribution in [0, 0.1) is 0 Å². The second-order valence-electron chi connectivity index (χ2n) is 3.75. The summed E-state index contributed by atoms with van der Waals surface area (Å²) >= 11 is 0. The topological polar surface area (TPSA) is 24.8 Å². The van der Waals surface area contributed by atoms with Crippen LogP contribution in [0.25, 0.3) is 0 Å². The minimum atomic E-state index is -4.65. The Bertz CT molecular complexity index is 425. The molecule has 0 radical (unpaired) electrons. The predicted molar refractivity (Wildman–Crippen MR) is 58.2 cm³/mol. The Morgan fingerprint density at radius 2 is 1.88 bits per heavy atom. The number of rotatable bonds is 2. The van der Waals surface area contributed by atoms with Crippen molar-refractivity contribution in [3.05, 3.63) is 24.3 Å². The summed E-state index contributed by atoms with van der Waals surface area (Å²) in [5.41, 5.74) is 1.77. The van der Waals surface area contributed by atoms with Crippen LogP contribution in [-0.4, -0.2) is 18.6 Å². The van der Waals surface area contributed by atoms with Gasteiger partial charge in [0.05, 0.1) is 5.69 Å². The zero-order chi connectivity index (χ0) is 12.5. The van der Waals surface area contributed by atoms with E-state index >= 15 is 0 Å². The molecule has 0 N–H and O–H groups in total. The van der Waals surface area contributed by atoms with Crippen molar-refractivity contribution in [3.63, 3.8) is 0 Å². The van der Waals surface area contributed by atoms with Crippen LogP contribution in [0.1, 0.15) is 13.3 Å². The Kier molecular flexibility index (Phi) is 2.95. The van der Waals surface area contributed by atoms with Gasteiger partial charge in [0.2, 0.25) is 0 Å². The van der Waals surface area contributed by atoms with Gasteiger partial charge >= 0.3 is 6.36 Å². The summed E-state index contributed by atoms with van der Waals surface area (Å²) in [7, 11) is 0. The Morgan fingerprint density at radius 1 is 1.24 bits per heavy atom. The smallest absolute Gasteiger partial charge is 0.406 e. The fourth-order valence-electron chi connectivity index (χ4n) is 1.58. The number of hydrazone groups is 1. The molecule has 0 atom stereocenters. The van der Waals surface area contributed by atoms with Crippen LogP contribution in [0.3, 0.4) is 0 Å². The van der Waals surface area contributed by atoms with Crippen molar-refractivity contribution in [2.24, 2.45) is 5.10 Å². The van der Waals surface area contributed by atoms with E-state index in [1.54, 1.807) is 17.1 Å². The van der Waals surface area contributed by atoms with Gasteiger partial charge in [-0.25, -0.2) is 0 Å². The van der Waals surface area contributed by atoms with Gasteiger partial charge in [-0.05, 0) is 31.2 Å². The number of benzene rings is 1. The molecule has 0 amide bonds. The third-order valence-corrected chi connectivity index (χ3v) is 2.35. The first-order chi connectivity index (χ1) is 7.94. The highest BCUT2D eigenvalue weighted by Crippen LogP contribution is 2.26. The van der Waals surface area contributed by atoms with Crippen molar-refractivity contribution in [3.8, 4) is 5.75 Å². The van der Waals surface area contributed by atoms with Crippen LogP contribution < -0.4 is 9.75 Å². The van der Waals surface area contributed by atoms with Gasteiger partial charge in [-0.15, -0.1) is 13.2 Å². The lowest BCUT2D eigenvalue weighted by Crippen LogP contribution is -2.17. The normalized spacial score (nSPS) is 16.0. The van der Waals surface area contributed by atoms with Crippen molar-refractivity contribution in [2.45, 2.75) is 19.7 Å². The monoisotopic (exact) mass is 244 g/mol. The van der Waals surface area contributed by atoms with E-state index in [-0.39, 0.29) is 5.75 Å². The fourth-order valence-corrected chi connectivity index (χ4v) is 1.58. The van der Waals surface area contributed by atoms with Crippen LogP contribution in [0.2, 0.25) is 0 Å². The molecule has 17 heavy (non-hydrogen) atoms. The molecule has 1 aliphatic heterocycles. The van der Waals surface area contributed by atoms with E-state index in [2.05, 4.69) is 9.84 Å². The molecule has 6 heteroatoms. The van der Waals surface area contributed by atoms with E-state index in [4.69, 9.17) is 0 Å². The summed E-state index contributed by atoms with van der Waals surface area (Å²) in [5.74, 6) is -0.221. The average molecular weight is 244 g/mol. The third kappa shape index (κ3) is 3.12. The zero-order valence-corrected chi connectivity index (χ0v) is 9.16. The Balaban J connectivity index is 2.08. The Labute approximate surface area is 96.5 Å². The molecule has 1 aromatic rings. The molecule has 2 rings (SSSR count). The summed E-state index contributed by atoms with van der Waals surface area (Å²) < 4.78 is 39.6. The van der Waals surface area contributed by atoms with E-state index in [1.807, 2.05) is 6.92 Å². The van der Waals surface area contributed by atoms with Crippen LogP contribution in [0.15, 0.2) is 29.4 Å². The summed E-state index contributed by atoms with van der Waals surface area (Å²) in [6.45, 7) is 2.67. The molecule has 0 fully saturated rings. The first kappa shape index (κ1) is 11.8. The van der Waals surface area contributed by atoms with Crippen molar-refractivity contribution < 1.29 is 17.9 Å². The van der Waals surface area contributed by atoms with Crippen molar-refractivity contribution in [1.29, 1.82) is 0 Å². The maximum Gasteiger partial charge on any atom is 0.573 e. The lowest BCUT2D eigenvalue weighted by molar-refractivity contribution is -0.274. The molecular formula is C11H11F3N2O. The van der Waals surface area contributed by atoms with Gasteiger partial charge in [-0.3, -0.25) is 5.01 Å². The largest absolute Gasteiger partial charge is 0.573 e. The van der Waals surface area contributed by atoms with Gasteiger partial charge in [-0.1, -0.05) is 0 Å². The maximum atomic E-state index is 11.9. The number of ether oxygens (including phenoxy) is 1. The fraction of sp³-hybridized carbons (Fsp3) is 0.364. The number of halogens is 3. The Morgan fingerprint density at radius 3 is 2.35 bits per heavy atom. The third-order valence-electron chi connectivity index (χ3n) is 2.35. The Hall–Kier alpha value is -1.72. The first-order valence-electron chi connectivity index (χ1n) is 5.11. The van der Waals surface area contributed by atoms with Gasteiger partial charge < -0.3 is 4.74 Å². The summed E-state index contributed by atoms with van der Waals surface area (Å²) in [4.78, 5) is 0. The van der Waals surface area contributed by atoms with Gasteiger partial charge in [0, 0.05) is 18.7 Å². The summed E-state index contributed by atoms with van der Waals surface area (Å²) in [6, 6.07) is 5.68. The molecule has 1 aliphatic rings. The molecule has 92 valence electrons. The molecule has 0 saturated carbocycles. The van der Waals surface area contributed by atoms with Gasteiger partial charge in [0.25, 0.3) is 0 Å². The number of anilines is 1. The van der Waals surface area contributed by atoms with E-state index in [1.165, 1.54) is 12.1 Å². The molecule has 0 spiro atoms. The van der Waals surface area contributed by atoms with Crippen molar-refractivity contribution in [2.75, 3.05) is 11.6 Å². The van der Waals surface area contributed by atoms with E-state index in [9.17, 15) is 13.2 Å². The van der Waals surface area contributed by atoms with Crippen LogP contribution >= 0.6 is 0 Å². The van der Waals surface area contributed by atoms with E-state index in [0.29, 0.717) is 0 Å². The molecule has 3 nitrogen and oxygen atoms in total. The molecule has 1 aromatic carbocycles. The molecule has 1 heterocycles. The van der Waals surface area contributed by atoms with Gasteiger partial charge in [0.15, 0.2) is 0 Å². The quantitative estimate of drug-likeness (QED) is 0.798. The number of hydrogen-bond donors (Lipinski definition) is 0. The predicted octanol–water partition coefficient (Wildman–Crippen LogP) is 3.17. The lowest BCUT2D eigenvalue weighted by atomic mass is 10.3. The average Bonchev–Trinajstić information content (AvgIpc) is 2.63. The molecule has 0 saturated heterocycles. The first-order valence-corrected chi connectivity index (χ1v) is 5.11. The van der Waals surface area contributed by atoms with E-state index in [0.717, 1.165) is 24.4 Å². The highest BCUT2D eigenvalue weighted by atomic mass is 19.4. The van der Waals surface area contributed by atoms with Gasteiger partial charge in [0.1, 0.15) is 5.75 Å². The summed E-state index contributed by atoms with van der Waals surface area (Å²) in [5, 5.41) is 6.01. The van der Waals surface area contributed by atoms with Crippen LogP contribution in [0.5, 0.6) is 5.75 Å². The summed E-state index contributed by atoms with van der Waals surface area (Å²) in [6.07, 6.45) is -3.77. The highest BCUT2D eigenvalue weighted by molar-refractivity contribution is 5.85. The second kappa shape index (κ2) is 4.27. The number of nitrogens with zero attached hydrogens (tertiary/aromatic N) is 2. The molecular weight excluding hydrogens is 233 g/mol. The standard InChI is InChI=1S/C11H11F3N2O/c1-8-6-7-16(15-8)9-2-4-10(5-3-9)17-11(12,13)14/h2-5H,6-7H2,1H3.